The second-order valence-corrected chi connectivity index (χ2v) is 6.29. The highest BCUT2D eigenvalue weighted by Gasteiger charge is 2.20. The number of para-hydroxylation sites is 1. The number of ether oxygens (including phenoxy) is 2. The van der Waals surface area contributed by atoms with Crippen LogP contribution in [-0.2, 0) is 16.0 Å². The molecule has 0 radical (unpaired) electrons. The van der Waals surface area contributed by atoms with Gasteiger partial charge in [-0.25, -0.2) is 14.6 Å². The van der Waals surface area contributed by atoms with Gasteiger partial charge in [0.15, 0.2) is 5.69 Å². The van der Waals surface area contributed by atoms with Crippen molar-refractivity contribution in [2.24, 2.45) is 0 Å². The highest BCUT2D eigenvalue weighted by Crippen LogP contribution is 2.20. The van der Waals surface area contributed by atoms with Gasteiger partial charge in [-0.15, -0.1) is 0 Å². The Balaban J connectivity index is 2.12. The molecule has 1 heterocycles. The first-order valence-electron chi connectivity index (χ1n) is 9.18. The summed E-state index contributed by atoms with van der Waals surface area (Å²) in [7, 11) is 1.27. The van der Waals surface area contributed by atoms with E-state index in [1.807, 2.05) is 39.0 Å². The molecule has 2 amide bonds. The van der Waals surface area contributed by atoms with E-state index in [2.05, 4.69) is 15.0 Å². The molecule has 0 bridgehead atoms. The molecule has 8 heteroatoms. The number of oxazole rings is 1. The minimum atomic E-state index is -0.585. The van der Waals surface area contributed by atoms with Crippen LogP contribution in [0.1, 0.15) is 40.9 Å². The molecule has 2 aromatic rings. The maximum Gasteiger partial charge on any atom is 0.360 e. The number of urea groups is 1. The lowest BCUT2D eigenvalue weighted by atomic mass is 10.1. The van der Waals surface area contributed by atoms with E-state index in [0.29, 0.717) is 26.2 Å². The van der Waals surface area contributed by atoms with Crippen LogP contribution in [0.5, 0.6) is 0 Å². The Morgan fingerprint density at radius 3 is 2.61 bits per heavy atom. The van der Waals surface area contributed by atoms with Gasteiger partial charge in [-0.2, -0.15) is 0 Å². The number of benzene rings is 1. The molecular formula is C20H27N3O5. The number of aryl methyl sites for hydroxylation is 2. The number of carbonyl (C=O) groups is 2. The zero-order valence-corrected chi connectivity index (χ0v) is 16.8. The zero-order chi connectivity index (χ0) is 20.5. The lowest BCUT2D eigenvalue weighted by Crippen LogP contribution is -2.36. The lowest BCUT2D eigenvalue weighted by Gasteiger charge is -2.23. The van der Waals surface area contributed by atoms with Gasteiger partial charge in [0.2, 0.25) is 5.89 Å². The van der Waals surface area contributed by atoms with Crippen LogP contribution in [-0.4, -0.2) is 48.8 Å². The number of carbonyl (C=O) groups excluding carboxylic acids is 2. The number of anilines is 1. The first-order chi connectivity index (χ1) is 13.5. The van der Waals surface area contributed by atoms with E-state index >= 15 is 0 Å². The van der Waals surface area contributed by atoms with Gasteiger partial charge in [-0.1, -0.05) is 18.2 Å². The van der Waals surface area contributed by atoms with Crippen LogP contribution in [0.3, 0.4) is 0 Å². The monoisotopic (exact) mass is 389 g/mol. The Hall–Kier alpha value is -2.87. The number of amides is 2. The molecule has 0 unspecified atom stereocenters. The SMILES string of the molecule is CCOCCCN(Cc1nc(C(=O)OC)co1)C(=O)Nc1c(C)cccc1C. The quantitative estimate of drug-likeness (QED) is 0.521. The Kier molecular flexibility index (Phi) is 8.01. The standard InChI is InChI=1S/C20H27N3O5/c1-5-27-11-7-10-23(12-17-21-16(13-28-17)19(24)26-4)20(25)22-18-14(2)8-6-9-15(18)3/h6,8-9,13H,5,7,10-12H2,1-4H3,(H,22,25). The maximum atomic E-state index is 12.9. The smallest absolute Gasteiger partial charge is 0.360 e. The van der Waals surface area contributed by atoms with E-state index in [4.69, 9.17) is 9.15 Å². The zero-order valence-electron chi connectivity index (χ0n) is 16.8. The molecule has 1 aromatic carbocycles. The molecule has 0 aliphatic heterocycles. The Morgan fingerprint density at radius 2 is 1.96 bits per heavy atom. The lowest BCUT2D eigenvalue weighted by molar-refractivity contribution is 0.0594. The molecule has 0 saturated heterocycles. The van der Waals surface area contributed by atoms with Gasteiger partial charge < -0.3 is 24.1 Å². The maximum absolute atomic E-state index is 12.9. The van der Waals surface area contributed by atoms with Crippen molar-refractivity contribution in [3.05, 3.63) is 47.2 Å². The Labute approximate surface area is 164 Å². The molecule has 152 valence electrons. The number of hydrogen-bond acceptors (Lipinski definition) is 6. The van der Waals surface area contributed by atoms with E-state index in [9.17, 15) is 9.59 Å². The molecule has 0 atom stereocenters. The van der Waals surface area contributed by atoms with Crippen LogP contribution in [0.4, 0.5) is 10.5 Å². The van der Waals surface area contributed by atoms with E-state index < -0.39 is 5.97 Å². The summed E-state index contributed by atoms with van der Waals surface area (Å²) in [5, 5.41) is 2.97. The van der Waals surface area contributed by atoms with E-state index in [-0.39, 0.29) is 24.2 Å². The van der Waals surface area contributed by atoms with Crippen LogP contribution in [0.25, 0.3) is 0 Å². The summed E-state index contributed by atoms with van der Waals surface area (Å²) >= 11 is 0. The highest BCUT2D eigenvalue weighted by atomic mass is 16.5. The normalized spacial score (nSPS) is 10.6. The first-order valence-corrected chi connectivity index (χ1v) is 9.18. The predicted molar refractivity (Wildman–Crippen MR) is 104 cm³/mol. The number of aromatic nitrogens is 1. The average molecular weight is 389 g/mol. The second kappa shape index (κ2) is 10.5. The topological polar surface area (TPSA) is 93.9 Å². The van der Waals surface area contributed by atoms with E-state index in [1.54, 1.807) is 4.90 Å². The van der Waals surface area contributed by atoms with Crippen molar-refractivity contribution in [3.63, 3.8) is 0 Å². The van der Waals surface area contributed by atoms with Crippen LogP contribution < -0.4 is 5.32 Å². The van der Waals surface area contributed by atoms with Crippen molar-refractivity contribution in [3.8, 4) is 0 Å². The third kappa shape index (κ3) is 5.82. The van der Waals surface area contributed by atoms with Crippen LogP contribution >= 0.6 is 0 Å². The third-order valence-electron chi connectivity index (χ3n) is 4.19. The number of rotatable bonds is 9. The highest BCUT2D eigenvalue weighted by molar-refractivity contribution is 5.91. The molecule has 1 aromatic heterocycles. The van der Waals surface area contributed by atoms with Crippen molar-refractivity contribution in [2.75, 3.05) is 32.2 Å². The van der Waals surface area contributed by atoms with Gasteiger partial charge in [0.05, 0.1) is 13.7 Å². The molecular weight excluding hydrogens is 362 g/mol. The van der Waals surface area contributed by atoms with Gasteiger partial charge in [-0.3, -0.25) is 0 Å². The molecule has 8 nitrogen and oxygen atoms in total. The van der Waals surface area contributed by atoms with Gasteiger partial charge in [-0.05, 0) is 38.3 Å². The molecule has 0 aliphatic rings. The largest absolute Gasteiger partial charge is 0.464 e. The molecule has 0 fully saturated rings. The number of hydrogen-bond donors (Lipinski definition) is 1. The van der Waals surface area contributed by atoms with Crippen molar-refractivity contribution < 1.29 is 23.5 Å². The van der Waals surface area contributed by atoms with Gasteiger partial charge in [0, 0.05) is 25.4 Å². The van der Waals surface area contributed by atoms with Crippen LogP contribution in [0.15, 0.2) is 28.9 Å². The fourth-order valence-electron chi connectivity index (χ4n) is 2.70. The number of nitrogens with one attached hydrogen (secondary N) is 1. The number of methoxy groups -OCH3 is 1. The summed E-state index contributed by atoms with van der Waals surface area (Å²) in [5.41, 5.74) is 2.81. The van der Waals surface area contributed by atoms with Crippen molar-refractivity contribution in [1.82, 2.24) is 9.88 Å². The van der Waals surface area contributed by atoms with Gasteiger partial charge in [0.1, 0.15) is 6.26 Å². The summed E-state index contributed by atoms with van der Waals surface area (Å²) in [6.45, 7) is 7.55. The van der Waals surface area contributed by atoms with Crippen LogP contribution in [0.2, 0.25) is 0 Å². The van der Waals surface area contributed by atoms with Gasteiger partial charge >= 0.3 is 12.0 Å². The van der Waals surface area contributed by atoms with Crippen LogP contribution in [0, 0.1) is 13.8 Å². The molecule has 0 saturated carbocycles. The number of esters is 1. The number of nitrogens with zero attached hydrogens (tertiary/aromatic N) is 2. The second-order valence-electron chi connectivity index (χ2n) is 6.29. The minimum absolute atomic E-state index is 0.0712. The van der Waals surface area contributed by atoms with Crippen molar-refractivity contribution >= 4 is 17.7 Å². The first kappa shape index (κ1) is 21.4. The van der Waals surface area contributed by atoms with E-state index in [1.165, 1.54) is 13.4 Å². The fraction of sp³-hybridized carbons (Fsp3) is 0.450. The van der Waals surface area contributed by atoms with E-state index in [0.717, 1.165) is 16.8 Å². The summed E-state index contributed by atoms with van der Waals surface area (Å²) < 4.78 is 15.3. The summed E-state index contributed by atoms with van der Waals surface area (Å²) in [5.74, 6) is -0.327. The average Bonchev–Trinajstić information content (AvgIpc) is 3.15. The third-order valence-corrected chi connectivity index (χ3v) is 4.19. The predicted octanol–water partition coefficient (Wildman–Crippen LogP) is 3.54. The molecule has 2 rings (SSSR count). The summed E-state index contributed by atoms with van der Waals surface area (Å²) in [4.78, 5) is 30.1. The van der Waals surface area contributed by atoms with Gasteiger partial charge in [0.25, 0.3) is 0 Å². The molecule has 0 aliphatic carbocycles. The van der Waals surface area contributed by atoms with Crippen molar-refractivity contribution in [1.29, 1.82) is 0 Å². The summed E-state index contributed by atoms with van der Waals surface area (Å²) in [6.07, 6.45) is 1.89. The Bertz CT molecular complexity index is 783. The molecule has 1 N–H and O–H groups in total. The van der Waals surface area contributed by atoms with Crippen molar-refractivity contribution in [2.45, 2.75) is 33.7 Å². The molecule has 28 heavy (non-hydrogen) atoms. The summed E-state index contributed by atoms with van der Waals surface area (Å²) in [6, 6.07) is 5.56. The molecule has 0 spiro atoms. The Morgan fingerprint density at radius 1 is 1.25 bits per heavy atom. The fourth-order valence-corrected chi connectivity index (χ4v) is 2.70. The minimum Gasteiger partial charge on any atom is -0.464 e.